The summed E-state index contributed by atoms with van der Waals surface area (Å²) in [5.74, 6) is -0.404. The van der Waals surface area contributed by atoms with Gasteiger partial charge in [-0.1, -0.05) is 30.3 Å². The number of ether oxygens (including phenoxy) is 2. The lowest BCUT2D eigenvalue weighted by molar-refractivity contribution is -0.162. The fraction of sp³-hybridized carbons (Fsp3) is 0.500. The van der Waals surface area contributed by atoms with Crippen molar-refractivity contribution in [3.8, 4) is 0 Å². The highest BCUT2D eigenvalue weighted by Gasteiger charge is 2.51. The zero-order valence-corrected chi connectivity index (χ0v) is 12.1. The molecular weight excluding hydrogens is 284 g/mol. The number of benzene rings is 1. The molecule has 1 aromatic carbocycles. The number of hydrogen-bond acceptors (Lipinski definition) is 4. The van der Waals surface area contributed by atoms with Crippen LogP contribution < -0.4 is 5.32 Å². The molecule has 2 aliphatic heterocycles. The molecular formula is C16H18N2O4. The van der Waals surface area contributed by atoms with Gasteiger partial charge < -0.3 is 19.7 Å². The minimum absolute atomic E-state index is 0.173. The lowest BCUT2D eigenvalue weighted by Gasteiger charge is -2.30. The van der Waals surface area contributed by atoms with Crippen molar-refractivity contribution in [2.75, 3.05) is 6.54 Å². The Kier molecular flexibility index (Phi) is 3.35. The summed E-state index contributed by atoms with van der Waals surface area (Å²) < 4.78 is 11.2. The summed E-state index contributed by atoms with van der Waals surface area (Å²) in [6.07, 6.45) is -0.148. The van der Waals surface area contributed by atoms with Crippen molar-refractivity contribution in [3.63, 3.8) is 0 Å². The Morgan fingerprint density at radius 1 is 1.23 bits per heavy atom. The Hall–Kier alpha value is -1.92. The van der Waals surface area contributed by atoms with Crippen molar-refractivity contribution >= 4 is 11.8 Å². The van der Waals surface area contributed by atoms with Crippen molar-refractivity contribution in [1.29, 1.82) is 0 Å². The Morgan fingerprint density at radius 3 is 2.73 bits per heavy atom. The summed E-state index contributed by atoms with van der Waals surface area (Å²) >= 11 is 0. The standard InChI is InChI=1S/C16H18N2O4/c19-15(17-11-6-7-11)13-14-16(20)18(9-12(21-13)22-14)8-10-4-2-1-3-5-10/h1-5,11-14H,6-9H2,(H,17,19)/t12-,13+,14-/m0/s1. The lowest BCUT2D eigenvalue weighted by atomic mass is 10.1. The zero-order chi connectivity index (χ0) is 15.1. The molecule has 0 unspecified atom stereocenters. The van der Waals surface area contributed by atoms with E-state index in [1.165, 1.54) is 0 Å². The molecule has 3 fully saturated rings. The molecule has 0 spiro atoms. The van der Waals surface area contributed by atoms with Crippen LogP contribution in [0.25, 0.3) is 0 Å². The second-order valence-electron chi connectivity index (χ2n) is 6.03. The first-order valence-corrected chi connectivity index (χ1v) is 7.65. The fourth-order valence-corrected chi connectivity index (χ4v) is 2.88. The molecule has 22 heavy (non-hydrogen) atoms. The number of nitrogens with one attached hydrogen (secondary N) is 1. The van der Waals surface area contributed by atoms with Gasteiger partial charge in [0.25, 0.3) is 11.8 Å². The maximum atomic E-state index is 12.5. The van der Waals surface area contributed by atoms with Crippen LogP contribution >= 0.6 is 0 Å². The molecule has 6 nitrogen and oxygen atoms in total. The molecule has 2 amide bonds. The van der Waals surface area contributed by atoms with Gasteiger partial charge in [-0.3, -0.25) is 9.59 Å². The largest absolute Gasteiger partial charge is 0.351 e. The highest BCUT2D eigenvalue weighted by Crippen LogP contribution is 2.29. The van der Waals surface area contributed by atoms with Gasteiger partial charge in [-0.25, -0.2) is 0 Å². The second kappa shape index (κ2) is 5.37. The molecule has 3 atom stereocenters. The zero-order valence-electron chi connectivity index (χ0n) is 12.1. The Bertz CT molecular complexity index is 587. The molecule has 2 saturated heterocycles. The van der Waals surface area contributed by atoms with Gasteiger partial charge in [0.1, 0.15) is 0 Å². The third-order valence-electron chi connectivity index (χ3n) is 4.19. The number of nitrogens with zero attached hydrogens (tertiary/aromatic N) is 1. The average Bonchev–Trinajstić information content (AvgIpc) is 3.25. The lowest BCUT2D eigenvalue weighted by Crippen LogP contribution is -2.51. The van der Waals surface area contributed by atoms with Crippen LogP contribution in [-0.4, -0.2) is 47.8 Å². The van der Waals surface area contributed by atoms with Crippen LogP contribution in [0.15, 0.2) is 30.3 Å². The Morgan fingerprint density at radius 2 is 2.00 bits per heavy atom. The van der Waals surface area contributed by atoms with E-state index in [9.17, 15) is 9.59 Å². The first-order valence-electron chi connectivity index (χ1n) is 7.65. The molecule has 116 valence electrons. The van der Waals surface area contributed by atoms with E-state index in [1.807, 2.05) is 30.3 Å². The molecule has 2 heterocycles. The van der Waals surface area contributed by atoms with E-state index < -0.39 is 18.5 Å². The number of hydrogen-bond donors (Lipinski definition) is 1. The van der Waals surface area contributed by atoms with Gasteiger partial charge in [0.15, 0.2) is 18.5 Å². The van der Waals surface area contributed by atoms with Crippen LogP contribution in [0.2, 0.25) is 0 Å². The Labute approximate surface area is 128 Å². The molecule has 6 heteroatoms. The van der Waals surface area contributed by atoms with Crippen LogP contribution in [0.3, 0.4) is 0 Å². The van der Waals surface area contributed by atoms with Gasteiger partial charge in [0.05, 0.1) is 6.54 Å². The molecule has 1 aromatic rings. The summed E-state index contributed by atoms with van der Waals surface area (Å²) in [5.41, 5.74) is 1.05. The quantitative estimate of drug-likeness (QED) is 0.875. The van der Waals surface area contributed by atoms with Gasteiger partial charge in [0, 0.05) is 12.6 Å². The van der Waals surface area contributed by atoms with Crippen LogP contribution in [0.1, 0.15) is 18.4 Å². The molecule has 1 N–H and O–H groups in total. The van der Waals surface area contributed by atoms with E-state index in [-0.39, 0.29) is 17.9 Å². The van der Waals surface area contributed by atoms with Gasteiger partial charge >= 0.3 is 0 Å². The van der Waals surface area contributed by atoms with Gasteiger partial charge in [-0.05, 0) is 18.4 Å². The predicted octanol–water partition coefficient (Wildman–Crippen LogP) is 0.417. The van der Waals surface area contributed by atoms with Gasteiger partial charge in [-0.2, -0.15) is 0 Å². The second-order valence-corrected chi connectivity index (χ2v) is 6.03. The molecule has 3 aliphatic rings. The highest BCUT2D eigenvalue weighted by molar-refractivity contribution is 5.92. The minimum atomic E-state index is -0.820. The van der Waals surface area contributed by atoms with Crippen molar-refractivity contribution in [1.82, 2.24) is 10.2 Å². The van der Waals surface area contributed by atoms with E-state index >= 15 is 0 Å². The van der Waals surface area contributed by atoms with Crippen LogP contribution in [0.4, 0.5) is 0 Å². The van der Waals surface area contributed by atoms with E-state index in [4.69, 9.17) is 9.47 Å². The maximum absolute atomic E-state index is 12.5. The number of carbonyl (C=O) groups excluding carboxylic acids is 2. The molecule has 4 rings (SSSR count). The number of morpholine rings is 1. The number of carbonyl (C=O) groups is 2. The summed E-state index contributed by atoms with van der Waals surface area (Å²) in [6.45, 7) is 0.869. The number of rotatable bonds is 4. The molecule has 1 aliphatic carbocycles. The average molecular weight is 302 g/mol. The third kappa shape index (κ3) is 2.60. The number of amides is 2. The van der Waals surface area contributed by atoms with Crippen molar-refractivity contribution in [2.24, 2.45) is 0 Å². The first-order chi connectivity index (χ1) is 10.7. The number of fused-ring (bicyclic) bond motifs is 2. The van der Waals surface area contributed by atoms with Crippen molar-refractivity contribution < 1.29 is 19.1 Å². The normalized spacial score (nSPS) is 30.5. The van der Waals surface area contributed by atoms with E-state index in [0.29, 0.717) is 13.1 Å². The molecule has 0 radical (unpaired) electrons. The van der Waals surface area contributed by atoms with E-state index in [1.54, 1.807) is 4.90 Å². The third-order valence-corrected chi connectivity index (χ3v) is 4.19. The summed E-state index contributed by atoms with van der Waals surface area (Å²) in [4.78, 5) is 26.4. The van der Waals surface area contributed by atoms with Crippen LogP contribution in [0, 0.1) is 0 Å². The molecule has 0 aromatic heterocycles. The molecule has 2 bridgehead atoms. The Balaban J connectivity index is 1.45. The SMILES string of the molecule is O=C(NC1CC1)[C@@H]1O[C@@H]2CN(Cc3ccccc3)C(=O)[C@H]1O2. The van der Waals surface area contributed by atoms with Crippen molar-refractivity contribution in [3.05, 3.63) is 35.9 Å². The van der Waals surface area contributed by atoms with Crippen molar-refractivity contribution in [2.45, 2.75) is 43.9 Å². The molecule has 1 saturated carbocycles. The van der Waals surface area contributed by atoms with E-state index in [0.717, 1.165) is 18.4 Å². The summed E-state index contributed by atoms with van der Waals surface area (Å²) in [7, 11) is 0. The fourth-order valence-electron chi connectivity index (χ4n) is 2.88. The smallest absolute Gasteiger partial charge is 0.255 e. The topological polar surface area (TPSA) is 67.9 Å². The monoisotopic (exact) mass is 302 g/mol. The van der Waals surface area contributed by atoms with Gasteiger partial charge in [0.2, 0.25) is 0 Å². The predicted molar refractivity (Wildman–Crippen MR) is 76.6 cm³/mol. The minimum Gasteiger partial charge on any atom is -0.351 e. The summed E-state index contributed by atoms with van der Waals surface area (Å²) in [6, 6.07) is 10.0. The van der Waals surface area contributed by atoms with Crippen LogP contribution in [-0.2, 0) is 25.6 Å². The van der Waals surface area contributed by atoms with E-state index in [2.05, 4.69) is 5.32 Å². The highest BCUT2D eigenvalue weighted by atomic mass is 16.7. The first kappa shape index (κ1) is 13.7. The van der Waals surface area contributed by atoms with Gasteiger partial charge in [-0.15, -0.1) is 0 Å². The van der Waals surface area contributed by atoms with Crippen LogP contribution in [0.5, 0.6) is 0 Å². The summed E-state index contributed by atoms with van der Waals surface area (Å²) in [5, 5.41) is 2.88. The maximum Gasteiger partial charge on any atom is 0.255 e.